The maximum Gasteiger partial charge on any atom is 0.326 e. The Morgan fingerprint density at radius 1 is 1.38 bits per heavy atom. The Kier molecular flexibility index (Phi) is 6.60. The van der Waals surface area contributed by atoms with E-state index in [-0.39, 0.29) is 10.6 Å². The first-order valence-electron chi connectivity index (χ1n) is 6.43. The molecule has 0 saturated heterocycles. The summed E-state index contributed by atoms with van der Waals surface area (Å²) in [6, 6.07) is 5.30. The Labute approximate surface area is 124 Å². The summed E-state index contributed by atoms with van der Waals surface area (Å²) in [6.45, 7) is 0.446. The molecule has 0 aliphatic rings. The number of sulfonamides is 1. The SMILES string of the molecule is CNS(=O)(=O)c1ccccc1NC(CCCOC)C(=O)O. The number of hydrogen-bond acceptors (Lipinski definition) is 5. The van der Waals surface area contributed by atoms with Gasteiger partial charge in [0.15, 0.2) is 0 Å². The zero-order valence-corrected chi connectivity index (χ0v) is 12.8. The molecule has 0 fully saturated rings. The molecule has 3 N–H and O–H groups in total. The molecule has 0 aromatic heterocycles. The maximum absolute atomic E-state index is 11.9. The number of aliphatic carboxylic acids is 1. The third-order valence-electron chi connectivity index (χ3n) is 2.91. The van der Waals surface area contributed by atoms with Gasteiger partial charge in [0, 0.05) is 13.7 Å². The Bertz CT molecular complexity index is 574. The molecule has 1 unspecified atom stereocenters. The molecule has 0 spiro atoms. The Morgan fingerprint density at radius 3 is 2.62 bits per heavy atom. The van der Waals surface area contributed by atoms with Gasteiger partial charge in [-0.25, -0.2) is 17.9 Å². The van der Waals surface area contributed by atoms with Gasteiger partial charge in [0.25, 0.3) is 0 Å². The van der Waals surface area contributed by atoms with Crippen molar-refractivity contribution in [2.24, 2.45) is 0 Å². The first kappa shape index (κ1) is 17.4. The van der Waals surface area contributed by atoms with Gasteiger partial charge in [0.2, 0.25) is 10.0 Å². The summed E-state index contributed by atoms with van der Waals surface area (Å²) in [6.07, 6.45) is 0.887. The van der Waals surface area contributed by atoms with Gasteiger partial charge < -0.3 is 15.2 Å². The van der Waals surface area contributed by atoms with E-state index in [1.54, 1.807) is 12.1 Å². The van der Waals surface area contributed by atoms with Crippen molar-refractivity contribution >= 4 is 21.7 Å². The van der Waals surface area contributed by atoms with Crippen LogP contribution in [-0.4, -0.2) is 46.3 Å². The molecule has 118 valence electrons. The fourth-order valence-electron chi connectivity index (χ4n) is 1.81. The first-order chi connectivity index (χ1) is 9.92. The Balaban J connectivity index is 2.97. The highest BCUT2D eigenvalue weighted by Gasteiger charge is 2.21. The van der Waals surface area contributed by atoms with Gasteiger partial charge in [0.05, 0.1) is 5.69 Å². The van der Waals surface area contributed by atoms with Crippen molar-refractivity contribution in [1.29, 1.82) is 0 Å². The molecule has 0 aliphatic heterocycles. The van der Waals surface area contributed by atoms with E-state index in [1.807, 2.05) is 0 Å². The van der Waals surface area contributed by atoms with Crippen molar-refractivity contribution in [3.63, 3.8) is 0 Å². The third kappa shape index (κ3) is 5.00. The number of carboxylic acids is 1. The normalized spacial score (nSPS) is 12.9. The molecule has 1 aromatic carbocycles. The van der Waals surface area contributed by atoms with Crippen molar-refractivity contribution in [3.05, 3.63) is 24.3 Å². The second-order valence-corrected chi connectivity index (χ2v) is 6.23. The minimum Gasteiger partial charge on any atom is -0.480 e. The number of nitrogens with one attached hydrogen (secondary N) is 2. The number of para-hydroxylation sites is 1. The quantitative estimate of drug-likeness (QED) is 0.584. The molecular formula is C13H20N2O5S. The number of anilines is 1. The average Bonchev–Trinajstić information content (AvgIpc) is 2.46. The number of carboxylic acid groups (broad SMARTS) is 1. The van der Waals surface area contributed by atoms with E-state index in [9.17, 15) is 18.3 Å². The number of rotatable bonds is 9. The minimum atomic E-state index is -3.66. The largest absolute Gasteiger partial charge is 0.480 e. The van der Waals surface area contributed by atoms with Crippen LogP contribution in [0.5, 0.6) is 0 Å². The lowest BCUT2D eigenvalue weighted by molar-refractivity contribution is -0.138. The zero-order valence-electron chi connectivity index (χ0n) is 12.0. The summed E-state index contributed by atoms with van der Waals surface area (Å²) in [7, 11) is -0.811. The lowest BCUT2D eigenvalue weighted by Crippen LogP contribution is -2.31. The average molecular weight is 316 g/mol. The van der Waals surface area contributed by atoms with Crippen LogP contribution in [0.4, 0.5) is 5.69 Å². The summed E-state index contributed by atoms with van der Waals surface area (Å²) >= 11 is 0. The van der Waals surface area contributed by atoms with E-state index in [1.165, 1.54) is 26.3 Å². The van der Waals surface area contributed by atoms with Gasteiger partial charge in [-0.2, -0.15) is 0 Å². The number of hydrogen-bond donors (Lipinski definition) is 3. The molecule has 0 radical (unpaired) electrons. The van der Waals surface area contributed by atoms with E-state index in [0.29, 0.717) is 19.4 Å². The summed E-state index contributed by atoms with van der Waals surface area (Å²) < 4.78 is 30.9. The van der Waals surface area contributed by atoms with Crippen LogP contribution in [0.3, 0.4) is 0 Å². The van der Waals surface area contributed by atoms with Gasteiger partial charge in [-0.3, -0.25) is 0 Å². The van der Waals surface area contributed by atoms with Crippen LogP contribution in [0.15, 0.2) is 29.2 Å². The highest BCUT2D eigenvalue weighted by atomic mass is 32.2. The monoisotopic (exact) mass is 316 g/mol. The Morgan fingerprint density at radius 2 is 2.05 bits per heavy atom. The lowest BCUT2D eigenvalue weighted by Gasteiger charge is -2.18. The van der Waals surface area contributed by atoms with Crippen LogP contribution in [0.25, 0.3) is 0 Å². The molecule has 1 rings (SSSR count). The summed E-state index contributed by atoms with van der Waals surface area (Å²) in [5.41, 5.74) is 0.261. The van der Waals surface area contributed by atoms with E-state index in [2.05, 4.69) is 10.0 Å². The van der Waals surface area contributed by atoms with Crippen LogP contribution >= 0.6 is 0 Å². The van der Waals surface area contributed by atoms with Gasteiger partial charge in [-0.05, 0) is 32.0 Å². The molecule has 0 amide bonds. The van der Waals surface area contributed by atoms with Gasteiger partial charge in [-0.1, -0.05) is 12.1 Å². The summed E-state index contributed by atoms with van der Waals surface area (Å²) in [5, 5.41) is 12.0. The van der Waals surface area contributed by atoms with Gasteiger partial charge in [-0.15, -0.1) is 0 Å². The Hall–Kier alpha value is -1.64. The molecule has 7 nitrogen and oxygen atoms in total. The third-order valence-corrected chi connectivity index (χ3v) is 4.39. The van der Waals surface area contributed by atoms with E-state index >= 15 is 0 Å². The predicted molar refractivity (Wildman–Crippen MR) is 78.8 cm³/mol. The van der Waals surface area contributed by atoms with Crippen LogP contribution in [0.1, 0.15) is 12.8 Å². The van der Waals surface area contributed by atoms with Crippen LogP contribution < -0.4 is 10.0 Å². The second-order valence-electron chi connectivity index (χ2n) is 4.37. The van der Waals surface area contributed by atoms with E-state index in [0.717, 1.165) is 0 Å². The van der Waals surface area contributed by atoms with Crippen molar-refractivity contribution < 1.29 is 23.1 Å². The van der Waals surface area contributed by atoms with Crippen molar-refractivity contribution in [1.82, 2.24) is 4.72 Å². The van der Waals surface area contributed by atoms with Crippen molar-refractivity contribution in [2.45, 2.75) is 23.8 Å². The number of ether oxygens (including phenoxy) is 1. The molecule has 0 aliphatic carbocycles. The smallest absolute Gasteiger partial charge is 0.326 e. The standard InChI is InChI=1S/C13H20N2O5S/c1-14-21(18,19)12-8-4-3-6-10(12)15-11(13(16)17)7-5-9-20-2/h3-4,6,8,11,14-15H,5,7,9H2,1-2H3,(H,16,17). The van der Waals surface area contributed by atoms with Crippen LogP contribution in [-0.2, 0) is 19.6 Å². The van der Waals surface area contributed by atoms with Gasteiger partial charge in [0.1, 0.15) is 10.9 Å². The second kappa shape index (κ2) is 7.96. The van der Waals surface area contributed by atoms with Gasteiger partial charge >= 0.3 is 5.97 Å². The summed E-state index contributed by atoms with van der Waals surface area (Å²) in [4.78, 5) is 11.3. The maximum atomic E-state index is 11.9. The van der Waals surface area contributed by atoms with E-state index < -0.39 is 22.0 Å². The molecule has 0 heterocycles. The molecule has 1 atom stereocenters. The summed E-state index contributed by atoms with van der Waals surface area (Å²) in [5.74, 6) is -1.04. The predicted octanol–water partition coefficient (Wildman–Crippen LogP) is 0.886. The fourth-order valence-corrected chi connectivity index (χ4v) is 2.70. The number of carbonyl (C=O) groups is 1. The minimum absolute atomic E-state index is 0.0190. The number of methoxy groups -OCH3 is 1. The van der Waals surface area contributed by atoms with Crippen molar-refractivity contribution in [2.75, 3.05) is 26.1 Å². The molecule has 1 aromatic rings. The number of benzene rings is 1. The molecule has 21 heavy (non-hydrogen) atoms. The fraction of sp³-hybridized carbons (Fsp3) is 0.462. The van der Waals surface area contributed by atoms with Crippen molar-refractivity contribution in [3.8, 4) is 0 Å². The first-order valence-corrected chi connectivity index (χ1v) is 7.91. The molecule has 0 bridgehead atoms. The highest BCUT2D eigenvalue weighted by molar-refractivity contribution is 7.89. The highest BCUT2D eigenvalue weighted by Crippen LogP contribution is 2.22. The topological polar surface area (TPSA) is 105 Å². The van der Waals surface area contributed by atoms with Crippen LogP contribution in [0.2, 0.25) is 0 Å². The zero-order chi connectivity index (χ0) is 15.9. The molecule has 8 heteroatoms. The molecule has 0 saturated carbocycles. The lowest BCUT2D eigenvalue weighted by atomic mass is 10.1. The molecular weight excluding hydrogens is 296 g/mol. The van der Waals surface area contributed by atoms with Crippen LogP contribution in [0, 0.1) is 0 Å². The van der Waals surface area contributed by atoms with E-state index in [4.69, 9.17) is 4.74 Å².